The Labute approximate surface area is 151 Å². The lowest BCUT2D eigenvalue weighted by Gasteiger charge is -2.30. The lowest BCUT2D eigenvalue weighted by molar-refractivity contribution is -0.128. The molecule has 2 aliphatic heterocycles. The molecule has 0 spiro atoms. The molecule has 1 aromatic rings. The zero-order valence-electron chi connectivity index (χ0n) is 15.6. The van der Waals surface area contributed by atoms with E-state index >= 15 is 0 Å². The molecule has 0 radical (unpaired) electrons. The maximum atomic E-state index is 11.6. The Bertz CT molecular complexity index is 551. The number of ether oxygens (including phenoxy) is 1. The molecule has 1 amide bonds. The van der Waals surface area contributed by atoms with Crippen LogP contribution in [0.25, 0.3) is 0 Å². The van der Waals surface area contributed by atoms with Crippen molar-refractivity contribution >= 4 is 5.91 Å². The standard InChI is InChI=1S/C20H31N3O2/c1-17-15-21(13-14-25-19-7-4-3-5-8-19)16-20(17)23-10-6-9-22(11-12-23)18(2)24/h3-5,7-8,17,20H,6,9-16H2,1-2H3/t17-,20+/m1/s1. The first-order valence-corrected chi connectivity index (χ1v) is 9.53. The normalized spacial score (nSPS) is 25.8. The van der Waals surface area contributed by atoms with Gasteiger partial charge in [-0.05, 0) is 24.5 Å². The highest BCUT2D eigenvalue weighted by Crippen LogP contribution is 2.23. The molecule has 1 aromatic carbocycles. The van der Waals surface area contributed by atoms with Crippen molar-refractivity contribution in [1.82, 2.24) is 14.7 Å². The molecule has 5 heteroatoms. The van der Waals surface area contributed by atoms with Gasteiger partial charge in [-0.3, -0.25) is 14.6 Å². The molecule has 2 heterocycles. The highest BCUT2D eigenvalue weighted by atomic mass is 16.5. The second-order valence-corrected chi connectivity index (χ2v) is 7.36. The van der Waals surface area contributed by atoms with Gasteiger partial charge in [-0.2, -0.15) is 0 Å². The molecular formula is C20H31N3O2. The van der Waals surface area contributed by atoms with Crippen LogP contribution in [0.15, 0.2) is 30.3 Å². The van der Waals surface area contributed by atoms with Gasteiger partial charge in [-0.25, -0.2) is 0 Å². The summed E-state index contributed by atoms with van der Waals surface area (Å²) in [6, 6.07) is 10.6. The predicted molar refractivity (Wildman–Crippen MR) is 99.8 cm³/mol. The average Bonchev–Trinajstić information content (AvgIpc) is 2.82. The first kappa shape index (κ1) is 18.2. The summed E-state index contributed by atoms with van der Waals surface area (Å²) < 4.78 is 5.84. The van der Waals surface area contributed by atoms with Crippen molar-refractivity contribution in [1.29, 1.82) is 0 Å². The van der Waals surface area contributed by atoms with Gasteiger partial charge >= 0.3 is 0 Å². The molecular weight excluding hydrogens is 314 g/mol. The molecule has 0 saturated carbocycles. The second-order valence-electron chi connectivity index (χ2n) is 7.36. The Morgan fingerprint density at radius 2 is 1.92 bits per heavy atom. The molecule has 0 aromatic heterocycles. The summed E-state index contributed by atoms with van der Waals surface area (Å²) in [5.74, 6) is 1.82. The Balaban J connectivity index is 1.45. The van der Waals surface area contributed by atoms with Crippen LogP contribution in [0.2, 0.25) is 0 Å². The number of carbonyl (C=O) groups excluding carboxylic acids is 1. The molecule has 5 nitrogen and oxygen atoms in total. The van der Waals surface area contributed by atoms with Crippen LogP contribution < -0.4 is 4.74 Å². The van der Waals surface area contributed by atoms with Crippen molar-refractivity contribution in [3.63, 3.8) is 0 Å². The summed E-state index contributed by atoms with van der Waals surface area (Å²) in [6.45, 7) is 11.9. The largest absolute Gasteiger partial charge is 0.492 e. The van der Waals surface area contributed by atoms with Gasteiger partial charge in [0.15, 0.2) is 0 Å². The second kappa shape index (κ2) is 8.68. The first-order chi connectivity index (χ1) is 12.1. The van der Waals surface area contributed by atoms with Crippen LogP contribution in [0, 0.1) is 5.92 Å². The minimum atomic E-state index is 0.209. The minimum absolute atomic E-state index is 0.209. The van der Waals surface area contributed by atoms with E-state index in [0.29, 0.717) is 12.0 Å². The Hall–Kier alpha value is -1.59. The quantitative estimate of drug-likeness (QED) is 0.817. The summed E-state index contributed by atoms with van der Waals surface area (Å²) in [7, 11) is 0. The van der Waals surface area contributed by atoms with Crippen LogP contribution in [-0.2, 0) is 4.79 Å². The van der Waals surface area contributed by atoms with Gasteiger partial charge in [0.05, 0.1) is 0 Å². The predicted octanol–water partition coefficient (Wildman–Crippen LogP) is 1.94. The highest BCUT2D eigenvalue weighted by Gasteiger charge is 2.34. The number of hydrogen-bond donors (Lipinski definition) is 0. The third-order valence-corrected chi connectivity index (χ3v) is 5.51. The molecule has 138 valence electrons. The van der Waals surface area contributed by atoms with E-state index in [2.05, 4.69) is 16.7 Å². The average molecular weight is 345 g/mol. The van der Waals surface area contributed by atoms with E-state index in [1.165, 1.54) is 0 Å². The number of benzene rings is 1. The van der Waals surface area contributed by atoms with Gasteiger partial charge in [0.1, 0.15) is 12.4 Å². The Morgan fingerprint density at radius 1 is 1.12 bits per heavy atom. The number of carbonyl (C=O) groups is 1. The fourth-order valence-corrected chi connectivity index (χ4v) is 4.10. The van der Waals surface area contributed by atoms with Crippen LogP contribution in [-0.4, -0.2) is 79.1 Å². The van der Waals surface area contributed by atoms with Gasteiger partial charge in [0.25, 0.3) is 0 Å². The van der Waals surface area contributed by atoms with Gasteiger partial charge in [-0.1, -0.05) is 25.1 Å². The Morgan fingerprint density at radius 3 is 2.68 bits per heavy atom. The molecule has 0 unspecified atom stereocenters. The minimum Gasteiger partial charge on any atom is -0.492 e. The van der Waals surface area contributed by atoms with Gasteiger partial charge in [0, 0.05) is 58.8 Å². The van der Waals surface area contributed by atoms with E-state index in [-0.39, 0.29) is 5.91 Å². The maximum Gasteiger partial charge on any atom is 0.219 e. The molecule has 2 fully saturated rings. The van der Waals surface area contributed by atoms with E-state index < -0.39 is 0 Å². The first-order valence-electron chi connectivity index (χ1n) is 9.53. The van der Waals surface area contributed by atoms with Crippen molar-refractivity contribution in [2.45, 2.75) is 26.3 Å². The van der Waals surface area contributed by atoms with E-state index in [1.54, 1.807) is 6.92 Å². The summed E-state index contributed by atoms with van der Waals surface area (Å²) >= 11 is 0. The van der Waals surface area contributed by atoms with E-state index in [0.717, 1.165) is 64.6 Å². The monoisotopic (exact) mass is 345 g/mol. The topological polar surface area (TPSA) is 36.0 Å². The van der Waals surface area contributed by atoms with Crippen LogP contribution in [0.3, 0.4) is 0 Å². The maximum absolute atomic E-state index is 11.6. The summed E-state index contributed by atoms with van der Waals surface area (Å²) in [6.07, 6.45) is 1.08. The number of amides is 1. The lowest BCUT2D eigenvalue weighted by Crippen LogP contribution is -2.43. The molecule has 0 bridgehead atoms. The fourth-order valence-electron chi connectivity index (χ4n) is 4.10. The number of rotatable bonds is 5. The number of nitrogens with zero attached hydrogens (tertiary/aromatic N) is 3. The van der Waals surface area contributed by atoms with Crippen molar-refractivity contribution in [3.8, 4) is 5.75 Å². The zero-order chi connectivity index (χ0) is 17.6. The third kappa shape index (κ3) is 4.95. The lowest BCUT2D eigenvalue weighted by atomic mass is 10.0. The molecule has 2 atom stereocenters. The molecule has 3 rings (SSSR count). The number of likely N-dealkylation sites (tertiary alicyclic amines) is 1. The van der Waals surface area contributed by atoms with Gasteiger partial charge in [-0.15, -0.1) is 0 Å². The van der Waals surface area contributed by atoms with Crippen molar-refractivity contribution < 1.29 is 9.53 Å². The molecule has 2 saturated heterocycles. The highest BCUT2D eigenvalue weighted by molar-refractivity contribution is 5.73. The van der Waals surface area contributed by atoms with Crippen LogP contribution in [0.1, 0.15) is 20.3 Å². The molecule has 0 aliphatic carbocycles. The van der Waals surface area contributed by atoms with E-state index in [4.69, 9.17) is 4.74 Å². The van der Waals surface area contributed by atoms with Crippen LogP contribution >= 0.6 is 0 Å². The van der Waals surface area contributed by atoms with E-state index in [9.17, 15) is 4.79 Å². The fraction of sp³-hybridized carbons (Fsp3) is 0.650. The SMILES string of the molecule is CC(=O)N1CCCN([C@H]2CN(CCOc3ccccc3)C[C@H]2C)CC1. The van der Waals surface area contributed by atoms with Crippen molar-refractivity contribution in [2.24, 2.45) is 5.92 Å². The summed E-state index contributed by atoms with van der Waals surface area (Å²) in [5.41, 5.74) is 0. The molecule has 2 aliphatic rings. The summed E-state index contributed by atoms with van der Waals surface area (Å²) in [4.78, 5) is 18.7. The number of hydrogen-bond acceptors (Lipinski definition) is 4. The van der Waals surface area contributed by atoms with Crippen LogP contribution in [0.4, 0.5) is 0 Å². The van der Waals surface area contributed by atoms with Gasteiger partial charge < -0.3 is 9.64 Å². The van der Waals surface area contributed by atoms with Crippen molar-refractivity contribution in [3.05, 3.63) is 30.3 Å². The number of para-hydroxylation sites is 1. The smallest absolute Gasteiger partial charge is 0.219 e. The Kier molecular flexibility index (Phi) is 6.32. The molecule has 0 N–H and O–H groups in total. The summed E-state index contributed by atoms with van der Waals surface area (Å²) in [5, 5.41) is 0. The third-order valence-electron chi connectivity index (χ3n) is 5.51. The van der Waals surface area contributed by atoms with Gasteiger partial charge in [0.2, 0.25) is 5.91 Å². The van der Waals surface area contributed by atoms with Crippen molar-refractivity contribution in [2.75, 3.05) is 52.4 Å². The van der Waals surface area contributed by atoms with E-state index in [1.807, 2.05) is 35.2 Å². The zero-order valence-corrected chi connectivity index (χ0v) is 15.6. The molecule has 25 heavy (non-hydrogen) atoms. The van der Waals surface area contributed by atoms with Crippen LogP contribution in [0.5, 0.6) is 5.75 Å².